The summed E-state index contributed by atoms with van der Waals surface area (Å²) in [7, 11) is 0. The molecule has 3 aliphatic rings. The number of benzene rings is 2. The van der Waals surface area contributed by atoms with Gasteiger partial charge in [0.2, 0.25) is 5.91 Å². The van der Waals surface area contributed by atoms with Crippen molar-refractivity contribution in [1.82, 2.24) is 15.2 Å². The first kappa shape index (κ1) is 30.3. The minimum Gasteiger partial charge on any atom is -0.463 e. The lowest BCUT2D eigenvalue weighted by atomic mass is 9.83. The largest absolute Gasteiger partial charge is 0.463 e. The molecule has 2 aromatic carbocycles. The number of halogens is 3. The maximum atomic E-state index is 13.6. The van der Waals surface area contributed by atoms with Crippen LogP contribution in [0.25, 0.3) is 17.2 Å². The number of hydrogen-bond acceptors (Lipinski definition) is 5. The van der Waals surface area contributed by atoms with E-state index in [0.29, 0.717) is 28.6 Å². The van der Waals surface area contributed by atoms with Gasteiger partial charge in [-0.1, -0.05) is 35.9 Å². The Kier molecular flexibility index (Phi) is 8.54. The average Bonchev–Trinajstić information content (AvgIpc) is 3.46. The second kappa shape index (κ2) is 12.7. The molecular weight excluding hydrogens is 598 g/mol. The molecule has 1 fully saturated rings. The Labute approximate surface area is 264 Å². The molecule has 1 saturated heterocycles. The number of likely N-dealkylation sites (tertiary alicyclic amines) is 1. The van der Waals surface area contributed by atoms with Gasteiger partial charge in [0.1, 0.15) is 17.3 Å². The molecule has 230 valence electrons. The number of pyridine rings is 1. The summed E-state index contributed by atoms with van der Waals surface area (Å²) in [5, 5.41) is 3.46. The molecule has 6 rings (SSSR count). The molecule has 2 aliphatic heterocycles. The minimum atomic E-state index is -2.71. The van der Waals surface area contributed by atoms with Crippen molar-refractivity contribution in [3.05, 3.63) is 124 Å². The summed E-state index contributed by atoms with van der Waals surface area (Å²) in [6.07, 6.45) is 8.79. The molecule has 2 amide bonds. The van der Waals surface area contributed by atoms with Crippen LogP contribution in [0.4, 0.5) is 14.6 Å². The lowest BCUT2D eigenvalue weighted by Crippen LogP contribution is -2.42. The van der Waals surface area contributed by atoms with Gasteiger partial charge in [0.05, 0.1) is 6.54 Å². The van der Waals surface area contributed by atoms with E-state index in [4.69, 9.17) is 22.1 Å². The van der Waals surface area contributed by atoms with E-state index in [9.17, 15) is 18.4 Å². The van der Waals surface area contributed by atoms with Crippen LogP contribution in [0.3, 0.4) is 0 Å². The monoisotopic (exact) mass is 628 g/mol. The molecule has 10 heteroatoms. The number of amides is 2. The van der Waals surface area contributed by atoms with Crippen LogP contribution in [0.2, 0.25) is 5.02 Å². The predicted octanol–water partition coefficient (Wildman–Crippen LogP) is 6.75. The van der Waals surface area contributed by atoms with E-state index in [1.807, 2.05) is 42.5 Å². The molecule has 3 heterocycles. The highest BCUT2D eigenvalue weighted by molar-refractivity contribution is 6.30. The lowest BCUT2D eigenvalue weighted by molar-refractivity contribution is -0.116. The second-order valence-corrected chi connectivity index (χ2v) is 11.7. The van der Waals surface area contributed by atoms with E-state index in [-0.39, 0.29) is 50.2 Å². The van der Waals surface area contributed by atoms with Gasteiger partial charge in [-0.05, 0) is 83.3 Å². The molecule has 3 N–H and O–H groups in total. The standard InChI is InChI=1S/C35H31ClF2N4O3/c36-28-3-1-2-25(17-28)30-19-26(23-6-8-24(9-7-23)34(44)42-14-12-35(37,38)13-15-42)16-27-18-29(45-33(27)30)21-41-32(43)11-5-22-4-10-31(39)40-20-22/h1-11,17-20,27H,12-16,21H2,(H2,39,40)(H,41,43)/b11-5+. The minimum absolute atomic E-state index is 0.0441. The first-order valence-corrected chi connectivity index (χ1v) is 15.1. The molecule has 0 saturated carbocycles. The Hall–Kier alpha value is -4.76. The first-order chi connectivity index (χ1) is 21.6. The molecule has 1 unspecified atom stereocenters. The lowest BCUT2D eigenvalue weighted by Gasteiger charge is -2.31. The van der Waals surface area contributed by atoms with Crippen LogP contribution in [0.15, 0.2) is 96.6 Å². The number of rotatable bonds is 7. The van der Waals surface area contributed by atoms with Crippen molar-refractivity contribution in [2.24, 2.45) is 5.92 Å². The topological polar surface area (TPSA) is 97.5 Å². The number of carbonyl (C=O) groups is 2. The Morgan fingerprint density at radius 1 is 1.09 bits per heavy atom. The third kappa shape index (κ3) is 7.15. The summed E-state index contributed by atoms with van der Waals surface area (Å²) in [5.74, 6) is -1.48. The second-order valence-electron chi connectivity index (χ2n) is 11.3. The fourth-order valence-electron chi connectivity index (χ4n) is 5.64. The third-order valence-electron chi connectivity index (χ3n) is 8.08. The zero-order chi connectivity index (χ0) is 31.6. The van der Waals surface area contributed by atoms with Crippen molar-refractivity contribution >= 4 is 46.5 Å². The number of nitrogens with one attached hydrogen (secondary N) is 1. The SMILES string of the molecule is Nc1ccc(/C=C/C(=O)NCC2=CC3CC(c4ccc(C(=O)N5CCC(F)(F)CC5)cc4)=CC(c4cccc(Cl)c4)=C3O2)cn1. The van der Waals surface area contributed by atoms with Gasteiger partial charge in [0.25, 0.3) is 11.8 Å². The van der Waals surface area contributed by atoms with Gasteiger partial charge in [0.15, 0.2) is 0 Å². The molecule has 7 nitrogen and oxygen atoms in total. The van der Waals surface area contributed by atoms with Gasteiger partial charge < -0.3 is 20.7 Å². The van der Waals surface area contributed by atoms with Crippen LogP contribution in [0, 0.1) is 5.92 Å². The van der Waals surface area contributed by atoms with Crippen LogP contribution in [-0.2, 0) is 9.53 Å². The number of alkyl halides is 2. The van der Waals surface area contributed by atoms with Crippen molar-refractivity contribution in [3.63, 3.8) is 0 Å². The Balaban J connectivity index is 1.18. The molecule has 1 atom stereocenters. The van der Waals surface area contributed by atoms with Gasteiger partial charge >= 0.3 is 0 Å². The number of ether oxygens (including phenoxy) is 1. The van der Waals surface area contributed by atoms with Crippen LogP contribution < -0.4 is 11.1 Å². The number of nitrogens with two attached hydrogens (primary N) is 1. The average molecular weight is 629 g/mol. The first-order valence-electron chi connectivity index (χ1n) is 14.7. The molecular formula is C35H31ClF2N4O3. The zero-order valence-corrected chi connectivity index (χ0v) is 25.1. The molecule has 3 aromatic rings. The quantitative estimate of drug-likeness (QED) is 0.282. The van der Waals surface area contributed by atoms with Crippen LogP contribution in [0.5, 0.6) is 0 Å². The van der Waals surface area contributed by atoms with Crippen molar-refractivity contribution in [2.75, 3.05) is 25.4 Å². The summed E-state index contributed by atoms with van der Waals surface area (Å²) >= 11 is 6.34. The van der Waals surface area contributed by atoms with Crippen molar-refractivity contribution in [1.29, 1.82) is 0 Å². The molecule has 0 radical (unpaired) electrons. The summed E-state index contributed by atoms with van der Waals surface area (Å²) < 4.78 is 33.5. The number of allylic oxidation sites excluding steroid dienone is 4. The Bertz CT molecular complexity index is 1740. The predicted molar refractivity (Wildman–Crippen MR) is 171 cm³/mol. The summed E-state index contributed by atoms with van der Waals surface area (Å²) in [6, 6.07) is 18.3. The van der Waals surface area contributed by atoms with E-state index in [1.54, 1.807) is 36.5 Å². The molecule has 45 heavy (non-hydrogen) atoms. The number of hydrogen-bond donors (Lipinski definition) is 2. The van der Waals surface area contributed by atoms with Gasteiger partial charge in [-0.3, -0.25) is 9.59 Å². The number of carbonyl (C=O) groups excluding carboxylic acids is 2. The number of piperidine rings is 1. The summed E-state index contributed by atoms with van der Waals surface area (Å²) in [5.41, 5.74) is 10.6. The number of nitrogen functional groups attached to an aromatic ring is 1. The number of anilines is 1. The van der Waals surface area contributed by atoms with E-state index < -0.39 is 5.92 Å². The highest BCUT2D eigenvalue weighted by Crippen LogP contribution is 2.44. The number of fused-ring (bicyclic) bond motifs is 1. The van der Waals surface area contributed by atoms with Crippen molar-refractivity contribution in [2.45, 2.75) is 25.2 Å². The van der Waals surface area contributed by atoms with Gasteiger partial charge in [-0.15, -0.1) is 0 Å². The van der Waals surface area contributed by atoms with Crippen LogP contribution in [0.1, 0.15) is 46.3 Å². The number of aromatic nitrogens is 1. The highest BCUT2D eigenvalue weighted by atomic mass is 35.5. The van der Waals surface area contributed by atoms with E-state index in [2.05, 4.69) is 16.4 Å². The van der Waals surface area contributed by atoms with Crippen LogP contribution >= 0.6 is 11.6 Å². The van der Waals surface area contributed by atoms with E-state index in [0.717, 1.165) is 33.6 Å². The maximum Gasteiger partial charge on any atom is 0.253 e. The van der Waals surface area contributed by atoms with Crippen molar-refractivity contribution < 1.29 is 23.1 Å². The van der Waals surface area contributed by atoms with Gasteiger partial charge in [0, 0.05) is 60.3 Å². The zero-order valence-electron chi connectivity index (χ0n) is 24.3. The molecule has 1 aromatic heterocycles. The maximum absolute atomic E-state index is 13.6. The molecule has 1 aliphatic carbocycles. The van der Waals surface area contributed by atoms with Gasteiger partial charge in [-0.25, -0.2) is 13.8 Å². The van der Waals surface area contributed by atoms with E-state index >= 15 is 0 Å². The third-order valence-corrected chi connectivity index (χ3v) is 8.32. The fourth-order valence-corrected chi connectivity index (χ4v) is 5.83. The van der Waals surface area contributed by atoms with Crippen LogP contribution in [-0.4, -0.2) is 47.3 Å². The number of nitrogens with zero attached hydrogens (tertiary/aromatic N) is 2. The Morgan fingerprint density at radius 2 is 1.87 bits per heavy atom. The normalized spacial score (nSPS) is 19.1. The van der Waals surface area contributed by atoms with Gasteiger partial charge in [-0.2, -0.15) is 0 Å². The Morgan fingerprint density at radius 3 is 2.58 bits per heavy atom. The molecule has 0 bridgehead atoms. The van der Waals surface area contributed by atoms with E-state index in [1.165, 1.54) is 11.0 Å². The highest BCUT2D eigenvalue weighted by Gasteiger charge is 2.36. The molecule has 0 spiro atoms. The van der Waals surface area contributed by atoms with Crippen molar-refractivity contribution in [3.8, 4) is 0 Å². The fraction of sp³-hybridized carbons (Fsp3) is 0.229. The smallest absolute Gasteiger partial charge is 0.253 e. The summed E-state index contributed by atoms with van der Waals surface area (Å²) in [6.45, 7) is 0.297. The summed E-state index contributed by atoms with van der Waals surface area (Å²) in [4.78, 5) is 31.0.